The molecule has 98 valence electrons. The van der Waals surface area contributed by atoms with Gasteiger partial charge in [-0.1, -0.05) is 6.07 Å². The third-order valence-corrected chi connectivity index (χ3v) is 3.48. The van der Waals surface area contributed by atoms with Gasteiger partial charge in [-0.3, -0.25) is 0 Å². The van der Waals surface area contributed by atoms with Crippen molar-refractivity contribution >= 4 is 11.7 Å². The summed E-state index contributed by atoms with van der Waals surface area (Å²) >= 11 is 0. The SMILES string of the molecule is COC1(OC)CN(c2cccc(C(=O)O)c2C)C1. The first-order valence-corrected chi connectivity index (χ1v) is 5.71. The monoisotopic (exact) mass is 251 g/mol. The molecule has 1 N–H and O–H groups in total. The van der Waals surface area contributed by atoms with Crippen LogP contribution in [0.5, 0.6) is 0 Å². The highest BCUT2D eigenvalue weighted by atomic mass is 16.7. The van der Waals surface area contributed by atoms with Crippen LogP contribution in [0.25, 0.3) is 0 Å². The van der Waals surface area contributed by atoms with Crippen molar-refractivity contribution in [2.45, 2.75) is 12.7 Å². The van der Waals surface area contributed by atoms with Crippen LogP contribution in [0.15, 0.2) is 18.2 Å². The number of carboxylic acid groups (broad SMARTS) is 1. The van der Waals surface area contributed by atoms with Gasteiger partial charge in [0.05, 0.1) is 18.7 Å². The summed E-state index contributed by atoms with van der Waals surface area (Å²) in [6.45, 7) is 3.02. The number of rotatable bonds is 4. The summed E-state index contributed by atoms with van der Waals surface area (Å²) in [5.74, 6) is -1.47. The van der Waals surface area contributed by atoms with E-state index in [-0.39, 0.29) is 0 Å². The number of carboxylic acids is 1. The number of ether oxygens (including phenoxy) is 2. The number of anilines is 1. The molecule has 1 saturated heterocycles. The van der Waals surface area contributed by atoms with Gasteiger partial charge in [-0.2, -0.15) is 0 Å². The molecular weight excluding hydrogens is 234 g/mol. The lowest BCUT2D eigenvalue weighted by atomic mass is 10.0. The number of hydrogen-bond donors (Lipinski definition) is 1. The highest BCUT2D eigenvalue weighted by Gasteiger charge is 2.44. The summed E-state index contributed by atoms with van der Waals surface area (Å²) in [6.07, 6.45) is 0. The van der Waals surface area contributed by atoms with Crippen LogP contribution >= 0.6 is 0 Å². The third kappa shape index (κ3) is 1.95. The zero-order valence-electron chi connectivity index (χ0n) is 10.8. The topological polar surface area (TPSA) is 59.0 Å². The number of aromatic carboxylic acids is 1. The minimum absolute atomic E-state index is 0.333. The standard InChI is InChI=1S/C13H17NO4/c1-9-10(12(15)16)5-4-6-11(9)14-7-13(8-14,17-2)18-3/h4-6H,7-8H2,1-3H3,(H,15,16). The van der Waals surface area contributed by atoms with Gasteiger partial charge in [0.25, 0.3) is 0 Å². The van der Waals surface area contributed by atoms with E-state index < -0.39 is 11.8 Å². The lowest BCUT2D eigenvalue weighted by Crippen LogP contribution is -2.64. The first-order valence-electron chi connectivity index (χ1n) is 5.71. The molecule has 0 aromatic heterocycles. The zero-order valence-corrected chi connectivity index (χ0v) is 10.8. The van der Waals surface area contributed by atoms with Crippen LogP contribution in [0.2, 0.25) is 0 Å². The predicted molar refractivity (Wildman–Crippen MR) is 67.1 cm³/mol. The van der Waals surface area contributed by atoms with Crippen molar-refractivity contribution in [3.05, 3.63) is 29.3 Å². The van der Waals surface area contributed by atoms with Gasteiger partial charge >= 0.3 is 5.97 Å². The Kier molecular flexibility index (Phi) is 3.28. The molecule has 1 aliphatic heterocycles. The molecule has 0 radical (unpaired) electrons. The Labute approximate surface area is 106 Å². The zero-order chi connectivity index (χ0) is 13.3. The fourth-order valence-electron chi connectivity index (χ4n) is 2.24. The van der Waals surface area contributed by atoms with E-state index in [4.69, 9.17) is 14.6 Å². The summed E-state index contributed by atoms with van der Waals surface area (Å²) in [5, 5.41) is 9.09. The quantitative estimate of drug-likeness (QED) is 0.822. The Balaban J connectivity index is 2.22. The van der Waals surface area contributed by atoms with Crippen LogP contribution in [0.4, 0.5) is 5.69 Å². The average molecular weight is 251 g/mol. The van der Waals surface area contributed by atoms with Crippen LogP contribution in [0.1, 0.15) is 15.9 Å². The smallest absolute Gasteiger partial charge is 0.336 e. The number of methoxy groups -OCH3 is 2. The molecule has 0 spiro atoms. The van der Waals surface area contributed by atoms with E-state index in [0.717, 1.165) is 11.3 Å². The fraction of sp³-hybridized carbons (Fsp3) is 0.462. The highest BCUT2D eigenvalue weighted by molar-refractivity contribution is 5.91. The lowest BCUT2D eigenvalue weighted by molar-refractivity contribution is -0.219. The number of hydrogen-bond acceptors (Lipinski definition) is 4. The van der Waals surface area contributed by atoms with Crippen LogP contribution in [-0.4, -0.2) is 44.2 Å². The molecule has 0 bridgehead atoms. The van der Waals surface area contributed by atoms with Crippen LogP contribution < -0.4 is 4.90 Å². The van der Waals surface area contributed by atoms with Crippen molar-refractivity contribution in [3.8, 4) is 0 Å². The Morgan fingerprint density at radius 1 is 1.33 bits per heavy atom. The molecule has 1 fully saturated rings. The molecule has 5 heteroatoms. The molecule has 0 unspecified atom stereocenters. The van der Waals surface area contributed by atoms with E-state index in [1.54, 1.807) is 26.4 Å². The molecule has 0 aliphatic carbocycles. The van der Waals surface area contributed by atoms with Crippen molar-refractivity contribution in [2.75, 3.05) is 32.2 Å². The molecule has 0 saturated carbocycles. The maximum atomic E-state index is 11.1. The van der Waals surface area contributed by atoms with Gasteiger partial charge < -0.3 is 19.5 Å². The Hall–Kier alpha value is -1.59. The maximum absolute atomic E-state index is 11.1. The number of benzene rings is 1. The average Bonchev–Trinajstić information content (AvgIpc) is 2.30. The van der Waals surface area contributed by atoms with E-state index >= 15 is 0 Å². The van der Waals surface area contributed by atoms with E-state index in [1.807, 2.05) is 13.0 Å². The van der Waals surface area contributed by atoms with E-state index in [2.05, 4.69) is 4.90 Å². The van der Waals surface area contributed by atoms with E-state index in [1.165, 1.54) is 0 Å². The van der Waals surface area contributed by atoms with Crippen molar-refractivity contribution in [2.24, 2.45) is 0 Å². The van der Waals surface area contributed by atoms with Gasteiger partial charge in [0.2, 0.25) is 5.79 Å². The maximum Gasteiger partial charge on any atom is 0.336 e. The minimum Gasteiger partial charge on any atom is -0.478 e. The van der Waals surface area contributed by atoms with E-state index in [0.29, 0.717) is 18.7 Å². The second-order valence-corrected chi connectivity index (χ2v) is 4.43. The van der Waals surface area contributed by atoms with Gasteiger partial charge in [-0.05, 0) is 24.6 Å². The summed E-state index contributed by atoms with van der Waals surface area (Å²) in [7, 11) is 3.22. The molecular formula is C13H17NO4. The fourth-order valence-corrected chi connectivity index (χ4v) is 2.24. The Morgan fingerprint density at radius 3 is 2.44 bits per heavy atom. The van der Waals surface area contributed by atoms with Gasteiger partial charge in [0.1, 0.15) is 0 Å². The first-order chi connectivity index (χ1) is 8.53. The largest absolute Gasteiger partial charge is 0.478 e. The molecule has 1 heterocycles. The van der Waals surface area contributed by atoms with Gasteiger partial charge in [0, 0.05) is 19.9 Å². The summed E-state index contributed by atoms with van der Waals surface area (Å²) in [6, 6.07) is 5.28. The second-order valence-electron chi connectivity index (χ2n) is 4.43. The van der Waals surface area contributed by atoms with Crippen molar-refractivity contribution in [1.29, 1.82) is 0 Å². The summed E-state index contributed by atoms with van der Waals surface area (Å²) in [5.41, 5.74) is 2.02. The molecule has 5 nitrogen and oxygen atoms in total. The number of carbonyl (C=O) groups is 1. The van der Waals surface area contributed by atoms with Gasteiger partial charge in [-0.25, -0.2) is 4.79 Å². The van der Waals surface area contributed by atoms with E-state index in [9.17, 15) is 4.79 Å². The van der Waals surface area contributed by atoms with Crippen molar-refractivity contribution < 1.29 is 19.4 Å². The molecule has 18 heavy (non-hydrogen) atoms. The Morgan fingerprint density at radius 2 is 1.94 bits per heavy atom. The molecule has 2 rings (SSSR count). The van der Waals surface area contributed by atoms with Crippen molar-refractivity contribution in [1.82, 2.24) is 0 Å². The lowest BCUT2D eigenvalue weighted by Gasteiger charge is -2.49. The molecule has 1 aromatic carbocycles. The Bertz CT molecular complexity index is 460. The molecule has 0 amide bonds. The van der Waals surface area contributed by atoms with Gasteiger partial charge in [-0.15, -0.1) is 0 Å². The first kappa shape index (κ1) is 12.9. The molecule has 1 aliphatic rings. The van der Waals surface area contributed by atoms with Gasteiger partial charge in [0.15, 0.2) is 0 Å². The summed E-state index contributed by atoms with van der Waals surface area (Å²) in [4.78, 5) is 13.1. The molecule has 0 atom stereocenters. The van der Waals surface area contributed by atoms with Crippen LogP contribution in [-0.2, 0) is 9.47 Å². The third-order valence-electron chi connectivity index (χ3n) is 3.48. The molecule has 1 aromatic rings. The predicted octanol–water partition coefficient (Wildman–Crippen LogP) is 1.50. The summed E-state index contributed by atoms with van der Waals surface area (Å²) < 4.78 is 10.6. The second kappa shape index (κ2) is 4.59. The highest BCUT2D eigenvalue weighted by Crippen LogP contribution is 2.33. The van der Waals surface area contributed by atoms with Crippen molar-refractivity contribution in [3.63, 3.8) is 0 Å². The van der Waals surface area contributed by atoms with Crippen LogP contribution in [0.3, 0.4) is 0 Å². The normalized spacial score (nSPS) is 17.4. The van der Waals surface area contributed by atoms with Crippen LogP contribution in [0, 0.1) is 6.92 Å². The number of nitrogens with zero attached hydrogens (tertiary/aromatic N) is 1. The minimum atomic E-state index is -0.903.